The van der Waals surface area contributed by atoms with Crippen molar-refractivity contribution in [3.8, 4) is 0 Å². The van der Waals surface area contributed by atoms with Crippen molar-refractivity contribution in [2.75, 3.05) is 31.1 Å². The molecular formula is C14H18N4O2. The molecule has 0 aliphatic carbocycles. The average molecular weight is 274 g/mol. The van der Waals surface area contributed by atoms with Crippen LogP contribution in [0.1, 0.15) is 16.3 Å². The molecule has 3 rings (SSSR count). The number of anilines is 1. The van der Waals surface area contributed by atoms with E-state index in [1.54, 1.807) is 12.3 Å². The third-order valence-corrected chi connectivity index (χ3v) is 3.60. The molecule has 0 spiro atoms. The van der Waals surface area contributed by atoms with E-state index < -0.39 is 0 Å². The second-order valence-corrected chi connectivity index (χ2v) is 5.03. The van der Waals surface area contributed by atoms with Crippen LogP contribution in [0.3, 0.4) is 0 Å². The van der Waals surface area contributed by atoms with Crippen molar-refractivity contribution in [1.29, 1.82) is 0 Å². The number of aromatic nitrogens is 2. The maximum absolute atomic E-state index is 12.3. The number of carbonyl (C=O) groups excluding carboxylic acids is 1. The Kier molecular flexibility index (Phi) is 3.22. The Hall–Kier alpha value is -2.24. The number of hydrogen-bond acceptors (Lipinski definition) is 4. The van der Waals surface area contributed by atoms with Crippen LogP contribution in [0.15, 0.2) is 28.9 Å². The number of piperazine rings is 1. The molecule has 1 aliphatic rings. The summed E-state index contributed by atoms with van der Waals surface area (Å²) >= 11 is 0. The van der Waals surface area contributed by atoms with E-state index in [0.29, 0.717) is 18.8 Å². The molecule has 6 nitrogen and oxygen atoms in total. The molecule has 0 bridgehead atoms. The van der Waals surface area contributed by atoms with Gasteiger partial charge in [-0.15, -0.1) is 0 Å². The van der Waals surface area contributed by atoms with Gasteiger partial charge >= 0.3 is 0 Å². The lowest BCUT2D eigenvalue weighted by molar-refractivity contribution is 0.0712. The summed E-state index contributed by atoms with van der Waals surface area (Å²) in [7, 11) is 1.98. The molecule has 6 heteroatoms. The van der Waals surface area contributed by atoms with Crippen LogP contribution >= 0.6 is 0 Å². The fourth-order valence-corrected chi connectivity index (χ4v) is 2.48. The summed E-state index contributed by atoms with van der Waals surface area (Å²) in [4.78, 5) is 20.6. The maximum Gasteiger partial charge on any atom is 0.289 e. The second-order valence-electron chi connectivity index (χ2n) is 5.03. The smallest absolute Gasteiger partial charge is 0.289 e. The van der Waals surface area contributed by atoms with E-state index in [9.17, 15) is 4.79 Å². The van der Waals surface area contributed by atoms with Crippen molar-refractivity contribution in [2.45, 2.75) is 6.92 Å². The van der Waals surface area contributed by atoms with Gasteiger partial charge in [0.15, 0.2) is 5.76 Å². The Balaban J connectivity index is 1.64. The molecule has 0 saturated carbocycles. The zero-order valence-electron chi connectivity index (χ0n) is 11.7. The van der Waals surface area contributed by atoms with Gasteiger partial charge in [-0.25, -0.2) is 4.98 Å². The molecule has 1 saturated heterocycles. The van der Waals surface area contributed by atoms with Crippen molar-refractivity contribution >= 4 is 11.9 Å². The Bertz CT molecular complexity index is 608. The minimum absolute atomic E-state index is 0.0300. The summed E-state index contributed by atoms with van der Waals surface area (Å²) in [6.45, 7) is 4.79. The van der Waals surface area contributed by atoms with Crippen LogP contribution in [-0.2, 0) is 7.05 Å². The zero-order valence-corrected chi connectivity index (χ0v) is 11.7. The van der Waals surface area contributed by atoms with Crippen molar-refractivity contribution in [2.24, 2.45) is 7.05 Å². The molecule has 3 heterocycles. The lowest BCUT2D eigenvalue weighted by atomic mass is 10.3. The van der Waals surface area contributed by atoms with Gasteiger partial charge in [0.2, 0.25) is 5.95 Å². The highest BCUT2D eigenvalue weighted by Crippen LogP contribution is 2.15. The number of nitrogens with zero attached hydrogens (tertiary/aromatic N) is 4. The number of hydrogen-bond donors (Lipinski definition) is 0. The summed E-state index contributed by atoms with van der Waals surface area (Å²) in [6.07, 6.45) is 3.72. The molecule has 1 amide bonds. The SMILES string of the molecule is Cc1ccc(C(=O)N2CCN(c3nccn3C)CC2)o1. The standard InChI is InChI=1S/C14H18N4O2/c1-11-3-4-12(20-11)13(19)17-7-9-18(10-8-17)14-15-5-6-16(14)2/h3-6H,7-10H2,1-2H3. The van der Waals surface area contributed by atoms with Gasteiger partial charge in [-0.05, 0) is 19.1 Å². The van der Waals surface area contributed by atoms with Gasteiger partial charge in [-0.2, -0.15) is 0 Å². The predicted molar refractivity (Wildman–Crippen MR) is 74.8 cm³/mol. The lowest BCUT2D eigenvalue weighted by Crippen LogP contribution is -2.49. The monoisotopic (exact) mass is 274 g/mol. The molecule has 0 unspecified atom stereocenters. The van der Waals surface area contributed by atoms with Gasteiger partial charge < -0.3 is 18.8 Å². The molecule has 0 aromatic carbocycles. The maximum atomic E-state index is 12.3. The van der Waals surface area contributed by atoms with Crippen LogP contribution in [0.2, 0.25) is 0 Å². The van der Waals surface area contributed by atoms with E-state index in [1.807, 2.05) is 35.7 Å². The highest BCUT2D eigenvalue weighted by molar-refractivity contribution is 5.91. The van der Waals surface area contributed by atoms with Crippen LogP contribution in [-0.4, -0.2) is 46.5 Å². The van der Waals surface area contributed by atoms with Crippen LogP contribution in [0, 0.1) is 6.92 Å². The Morgan fingerprint density at radius 3 is 2.55 bits per heavy atom. The number of rotatable bonds is 2. The van der Waals surface area contributed by atoms with Crippen molar-refractivity contribution in [3.05, 3.63) is 36.0 Å². The number of aryl methyl sites for hydroxylation is 2. The fraction of sp³-hybridized carbons (Fsp3) is 0.429. The molecule has 2 aromatic heterocycles. The van der Waals surface area contributed by atoms with E-state index in [0.717, 1.165) is 24.8 Å². The summed E-state index contributed by atoms with van der Waals surface area (Å²) in [5.74, 6) is 2.11. The highest BCUT2D eigenvalue weighted by Gasteiger charge is 2.25. The van der Waals surface area contributed by atoms with Crippen LogP contribution in [0.5, 0.6) is 0 Å². The van der Waals surface area contributed by atoms with E-state index in [1.165, 1.54) is 0 Å². The van der Waals surface area contributed by atoms with E-state index in [2.05, 4.69) is 9.88 Å². The van der Waals surface area contributed by atoms with Crippen LogP contribution < -0.4 is 4.90 Å². The molecule has 1 aliphatic heterocycles. The number of furan rings is 1. The summed E-state index contributed by atoms with van der Waals surface area (Å²) in [6, 6.07) is 3.56. The topological polar surface area (TPSA) is 54.5 Å². The quantitative estimate of drug-likeness (QED) is 0.828. The van der Waals surface area contributed by atoms with E-state index in [4.69, 9.17) is 4.42 Å². The normalized spacial score (nSPS) is 15.7. The predicted octanol–water partition coefficient (Wildman–Crippen LogP) is 1.28. The molecule has 20 heavy (non-hydrogen) atoms. The van der Waals surface area contributed by atoms with E-state index in [-0.39, 0.29) is 5.91 Å². The summed E-state index contributed by atoms with van der Waals surface area (Å²) in [5, 5.41) is 0. The molecule has 106 valence electrons. The fourth-order valence-electron chi connectivity index (χ4n) is 2.48. The Morgan fingerprint density at radius 1 is 1.25 bits per heavy atom. The Morgan fingerprint density at radius 2 is 2.00 bits per heavy atom. The molecular weight excluding hydrogens is 256 g/mol. The van der Waals surface area contributed by atoms with Crippen molar-refractivity contribution in [3.63, 3.8) is 0 Å². The number of carbonyl (C=O) groups is 1. The molecule has 1 fully saturated rings. The van der Waals surface area contributed by atoms with Crippen LogP contribution in [0.4, 0.5) is 5.95 Å². The Labute approximate surface area is 117 Å². The van der Waals surface area contributed by atoms with E-state index >= 15 is 0 Å². The third-order valence-electron chi connectivity index (χ3n) is 3.60. The lowest BCUT2D eigenvalue weighted by Gasteiger charge is -2.34. The minimum Gasteiger partial charge on any atom is -0.456 e. The van der Waals surface area contributed by atoms with Crippen molar-refractivity contribution in [1.82, 2.24) is 14.5 Å². The van der Waals surface area contributed by atoms with Gasteiger partial charge in [-0.3, -0.25) is 4.79 Å². The third kappa shape index (κ3) is 2.29. The van der Waals surface area contributed by atoms with Crippen molar-refractivity contribution < 1.29 is 9.21 Å². The minimum atomic E-state index is -0.0300. The van der Waals surface area contributed by atoms with Gasteiger partial charge in [0.25, 0.3) is 5.91 Å². The molecule has 0 atom stereocenters. The number of amides is 1. The van der Waals surface area contributed by atoms with Crippen LogP contribution in [0.25, 0.3) is 0 Å². The largest absolute Gasteiger partial charge is 0.456 e. The molecule has 0 radical (unpaired) electrons. The first-order chi connectivity index (χ1) is 9.65. The first kappa shape index (κ1) is 12.8. The average Bonchev–Trinajstić information content (AvgIpc) is 3.07. The molecule has 0 N–H and O–H groups in total. The zero-order chi connectivity index (χ0) is 14.1. The van der Waals surface area contributed by atoms with Gasteiger partial charge in [-0.1, -0.05) is 0 Å². The molecule has 2 aromatic rings. The number of imidazole rings is 1. The highest BCUT2D eigenvalue weighted by atomic mass is 16.3. The summed E-state index contributed by atoms with van der Waals surface area (Å²) < 4.78 is 7.39. The van der Waals surface area contributed by atoms with Gasteiger partial charge in [0, 0.05) is 45.6 Å². The second kappa shape index (κ2) is 5.03. The van der Waals surface area contributed by atoms with Gasteiger partial charge in [0.1, 0.15) is 5.76 Å². The first-order valence-corrected chi connectivity index (χ1v) is 6.73. The van der Waals surface area contributed by atoms with Gasteiger partial charge in [0.05, 0.1) is 0 Å². The summed E-state index contributed by atoms with van der Waals surface area (Å²) in [5.41, 5.74) is 0. The first-order valence-electron chi connectivity index (χ1n) is 6.73.